The fourth-order valence-electron chi connectivity index (χ4n) is 4.66. The molecule has 2 aromatic carbocycles. The summed E-state index contributed by atoms with van der Waals surface area (Å²) in [5.74, 6) is -1.86. The number of fused-ring (bicyclic) bond motifs is 1. The fraction of sp³-hybridized carbons (Fsp3) is 0.321. The lowest BCUT2D eigenvalue weighted by atomic mass is 9.79. The maximum Gasteiger partial charge on any atom is 0.250 e. The highest BCUT2D eigenvalue weighted by Crippen LogP contribution is 2.38. The van der Waals surface area contributed by atoms with Crippen molar-refractivity contribution in [2.75, 3.05) is 36.6 Å². The molecule has 2 heterocycles. The van der Waals surface area contributed by atoms with Crippen molar-refractivity contribution in [2.45, 2.75) is 38.6 Å². The van der Waals surface area contributed by atoms with Crippen LogP contribution in [0.25, 0.3) is 0 Å². The van der Waals surface area contributed by atoms with Crippen LogP contribution in [0.4, 0.5) is 33.2 Å². The Balaban J connectivity index is 1.59. The Morgan fingerprint density at radius 1 is 1.22 bits per heavy atom. The minimum absolute atomic E-state index is 0.0525. The molecule has 1 aliphatic heterocycles. The standard InChI is InChI=1S/C28H32ClFN8O3/c1-14-6-8-16(24(31)40)23(22(14)30)36-25-18(29)12-32-27(37-25)33-15-7-9-17-19(10-15)35-26(41)20(11-28(17,2)3)34-21(39)13-38(4)5/h6-10,12,20H,11,13H2,1-5H3,(H2,31,40)(H,34,39)(H,35,41)(H2,32,33,36,37). The predicted molar refractivity (Wildman–Crippen MR) is 156 cm³/mol. The van der Waals surface area contributed by atoms with Crippen LogP contribution in [0.15, 0.2) is 36.5 Å². The Morgan fingerprint density at radius 2 is 1.95 bits per heavy atom. The fourth-order valence-corrected chi connectivity index (χ4v) is 4.80. The number of rotatable bonds is 8. The van der Waals surface area contributed by atoms with Crippen LogP contribution in [0.2, 0.25) is 5.02 Å². The van der Waals surface area contributed by atoms with Gasteiger partial charge in [0.15, 0.2) is 5.82 Å². The zero-order chi connectivity index (χ0) is 30.1. The van der Waals surface area contributed by atoms with Crippen LogP contribution < -0.4 is 27.0 Å². The smallest absolute Gasteiger partial charge is 0.250 e. The summed E-state index contributed by atoms with van der Waals surface area (Å²) in [5.41, 5.74) is 7.12. The molecular formula is C28H32ClFN8O3. The van der Waals surface area contributed by atoms with E-state index >= 15 is 0 Å². The highest BCUT2D eigenvalue weighted by atomic mass is 35.5. The number of hydrogen-bond acceptors (Lipinski definition) is 8. The normalized spacial score (nSPS) is 15.9. The van der Waals surface area contributed by atoms with E-state index in [1.807, 2.05) is 26.0 Å². The topological polar surface area (TPSA) is 154 Å². The first-order chi connectivity index (χ1) is 19.2. The van der Waals surface area contributed by atoms with Gasteiger partial charge in [0.2, 0.25) is 17.8 Å². The van der Waals surface area contributed by atoms with Gasteiger partial charge in [-0.15, -0.1) is 0 Å². The maximum absolute atomic E-state index is 14.9. The van der Waals surface area contributed by atoms with Crippen LogP contribution in [-0.2, 0) is 15.0 Å². The minimum atomic E-state index is -0.815. The zero-order valence-corrected chi connectivity index (χ0v) is 24.1. The second-order valence-corrected chi connectivity index (χ2v) is 11.2. The number of primary amides is 1. The van der Waals surface area contributed by atoms with Crippen LogP contribution in [0.5, 0.6) is 0 Å². The molecule has 0 spiro atoms. The predicted octanol–water partition coefficient (Wildman–Crippen LogP) is 3.83. The number of aromatic nitrogens is 2. The number of anilines is 5. The quantitative estimate of drug-likeness (QED) is 0.268. The molecule has 4 rings (SSSR count). The lowest BCUT2D eigenvalue weighted by molar-refractivity contribution is -0.127. The number of carbonyl (C=O) groups excluding carboxylic acids is 3. The van der Waals surface area contributed by atoms with Gasteiger partial charge >= 0.3 is 0 Å². The number of nitrogens with zero attached hydrogens (tertiary/aromatic N) is 3. The van der Waals surface area contributed by atoms with Crippen LogP contribution in [0.1, 0.15) is 41.8 Å². The summed E-state index contributed by atoms with van der Waals surface area (Å²) in [7, 11) is 3.56. The number of likely N-dealkylation sites (N-methyl/N-ethyl adjacent to an activating group) is 1. The van der Waals surface area contributed by atoms with E-state index in [1.54, 1.807) is 32.0 Å². The molecule has 3 amide bonds. The molecule has 6 N–H and O–H groups in total. The second-order valence-electron chi connectivity index (χ2n) is 10.8. The molecule has 0 saturated heterocycles. The molecule has 0 saturated carbocycles. The van der Waals surface area contributed by atoms with Crippen LogP contribution in [0.3, 0.4) is 0 Å². The molecule has 216 valence electrons. The zero-order valence-electron chi connectivity index (χ0n) is 23.4. The molecule has 1 aromatic heterocycles. The van der Waals surface area contributed by atoms with Crippen LogP contribution in [0, 0.1) is 12.7 Å². The SMILES string of the molecule is Cc1ccc(C(N)=O)c(Nc2nc(Nc3ccc4c(c3)NC(=O)C(NC(=O)CN(C)C)CC4(C)C)ncc2Cl)c1F. The molecule has 1 atom stereocenters. The Morgan fingerprint density at radius 3 is 2.63 bits per heavy atom. The van der Waals surface area contributed by atoms with E-state index in [9.17, 15) is 18.8 Å². The van der Waals surface area contributed by atoms with Gasteiger partial charge in [-0.05, 0) is 62.2 Å². The van der Waals surface area contributed by atoms with Crippen LogP contribution >= 0.6 is 11.6 Å². The summed E-state index contributed by atoms with van der Waals surface area (Å²) in [6, 6.07) is 7.61. The van der Waals surface area contributed by atoms with E-state index in [-0.39, 0.29) is 46.4 Å². The Kier molecular flexibility index (Phi) is 8.45. The van der Waals surface area contributed by atoms with Gasteiger partial charge in [0.05, 0.1) is 24.0 Å². The Bertz CT molecular complexity index is 1530. The van der Waals surface area contributed by atoms with E-state index < -0.39 is 23.2 Å². The van der Waals surface area contributed by atoms with Crippen molar-refractivity contribution in [2.24, 2.45) is 5.73 Å². The number of amides is 3. The summed E-state index contributed by atoms with van der Waals surface area (Å²) in [6.07, 6.45) is 1.74. The largest absolute Gasteiger partial charge is 0.366 e. The van der Waals surface area contributed by atoms with Crippen molar-refractivity contribution in [1.82, 2.24) is 20.2 Å². The van der Waals surface area contributed by atoms with E-state index in [1.165, 1.54) is 18.3 Å². The third-order valence-electron chi connectivity index (χ3n) is 6.68. The highest BCUT2D eigenvalue weighted by molar-refractivity contribution is 6.33. The third kappa shape index (κ3) is 6.72. The van der Waals surface area contributed by atoms with E-state index in [0.717, 1.165) is 5.56 Å². The van der Waals surface area contributed by atoms with Gasteiger partial charge in [-0.25, -0.2) is 9.37 Å². The summed E-state index contributed by atoms with van der Waals surface area (Å²) >= 11 is 6.28. The molecule has 11 nitrogen and oxygen atoms in total. The molecule has 1 aliphatic rings. The average molecular weight is 583 g/mol. The van der Waals surface area contributed by atoms with Gasteiger partial charge in [0.25, 0.3) is 5.91 Å². The first-order valence-electron chi connectivity index (χ1n) is 12.8. The summed E-state index contributed by atoms with van der Waals surface area (Å²) in [4.78, 5) is 47.6. The summed E-state index contributed by atoms with van der Waals surface area (Å²) in [5, 5.41) is 11.7. The molecule has 0 radical (unpaired) electrons. The van der Waals surface area contributed by atoms with Crippen molar-refractivity contribution in [3.63, 3.8) is 0 Å². The number of aryl methyl sites for hydroxylation is 1. The Hall–Kier alpha value is -4.29. The number of nitrogens with one attached hydrogen (secondary N) is 4. The maximum atomic E-state index is 14.9. The second kappa shape index (κ2) is 11.7. The Labute approximate surface area is 242 Å². The van der Waals surface area contributed by atoms with Crippen LogP contribution in [-0.4, -0.2) is 59.3 Å². The molecule has 0 fully saturated rings. The van der Waals surface area contributed by atoms with Crippen molar-refractivity contribution in [3.8, 4) is 0 Å². The monoisotopic (exact) mass is 582 g/mol. The van der Waals surface area contributed by atoms with Gasteiger partial charge in [0, 0.05) is 11.4 Å². The molecule has 13 heteroatoms. The summed E-state index contributed by atoms with van der Waals surface area (Å²) < 4.78 is 14.9. The number of nitrogens with two attached hydrogens (primary N) is 1. The van der Waals surface area contributed by atoms with E-state index in [4.69, 9.17) is 17.3 Å². The van der Waals surface area contributed by atoms with E-state index in [0.29, 0.717) is 23.4 Å². The first-order valence-corrected chi connectivity index (χ1v) is 13.2. The molecule has 0 aliphatic carbocycles. The number of benzene rings is 2. The molecular weight excluding hydrogens is 551 g/mol. The van der Waals surface area contributed by atoms with Crippen molar-refractivity contribution in [1.29, 1.82) is 0 Å². The highest BCUT2D eigenvalue weighted by Gasteiger charge is 2.36. The molecule has 3 aromatic rings. The number of hydrogen-bond donors (Lipinski definition) is 5. The van der Waals surface area contributed by atoms with Crippen molar-refractivity contribution >= 4 is 58.2 Å². The van der Waals surface area contributed by atoms with E-state index in [2.05, 4.69) is 31.2 Å². The molecule has 41 heavy (non-hydrogen) atoms. The average Bonchev–Trinajstić information content (AvgIpc) is 2.96. The molecule has 1 unspecified atom stereocenters. The summed E-state index contributed by atoms with van der Waals surface area (Å²) in [6.45, 7) is 5.74. The van der Waals surface area contributed by atoms with Crippen molar-refractivity contribution < 1.29 is 18.8 Å². The number of halogens is 2. The molecule has 0 bridgehead atoms. The number of carbonyl (C=O) groups is 3. The van der Waals surface area contributed by atoms with Gasteiger partial charge in [-0.1, -0.05) is 37.6 Å². The third-order valence-corrected chi connectivity index (χ3v) is 6.95. The van der Waals surface area contributed by atoms with Gasteiger partial charge < -0.3 is 31.9 Å². The minimum Gasteiger partial charge on any atom is -0.366 e. The van der Waals surface area contributed by atoms with Crippen molar-refractivity contribution in [3.05, 3.63) is 64.1 Å². The lowest BCUT2D eigenvalue weighted by Crippen LogP contribution is -2.47. The first kappa shape index (κ1) is 29.7. The lowest BCUT2D eigenvalue weighted by Gasteiger charge is -2.27. The van der Waals surface area contributed by atoms with Gasteiger partial charge in [0.1, 0.15) is 16.9 Å². The van der Waals surface area contributed by atoms with Gasteiger partial charge in [-0.2, -0.15) is 4.98 Å². The van der Waals surface area contributed by atoms with Gasteiger partial charge in [-0.3, -0.25) is 14.4 Å².